The number of rotatable bonds is 12. The lowest BCUT2D eigenvalue weighted by atomic mass is 9.83. The first kappa shape index (κ1) is 27.2. The fourth-order valence-corrected chi connectivity index (χ4v) is 6.05. The topological polar surface area (TPSA) is 87.0 Å². The fourth-order valence-electron chi connectivity index (χ4n) is 5.61. The average molecular weight is 493 g/mol. The zero-order chi connectivity index (χ0) is 24.3. The van der Waals surface area contributed by atoms with E-state index in [1.54, 1.807) is 0 Å². The van der Waals surface area contributed by atoms with Crippen molar-refractivity contribution in [2.75, 3.05) is 13.2 Å². The lowest BCUT2D eigenvalue weighted by Gasteiger charge is -2.25. The molecule has 3 rings (SSSR count). The second-order valence-corrected chi connectivity index (χ2v) is 10.5. The SMILES string of the molecule is O=C(CCC/C=C\C[C@@H]1[C@@H](c2ccc(C(O)CC3CCCCC3)cc2)[C@H](O)C[C@H]1Cl)OCCO. The number of esters is 1. The number of allylic oxidation sites excluding steroid dienone is 2. The molecule has 0 saturated heterocycles. The van der Waals surface area contributed by atoms with E-state index in [1.165, 1.54) is 32.1 Å². The van der Waals surface area contributed by atoms with Crippen molar-refractivity contribution in [1.29, 1.82) is 0 Å². The molecule has 5 atom stereocenters. The second-order valence-electron chi connectivity index (χ2n) is 9.97. The molecule has 2 aliphatic carbocycles. The van der Waals surface area contributed by atoms with E-state index in [1.807, 2.05) is 12.1 Å². The van der Waals surface area contributed by atoms with Gasteiger partial charge in [-0.15, -0.1) is 11.6 Å². The van der Waals surface area contributed by atoms with E-state index in [9.17, 15) is 15.0 Å². The number of ether oxygens (including phenoxy) is 1. The highest BCUT2D eigenvalue weighted by molar-refractivity contribution is 6.21. The Balaban J connectivity index is 1.51. The van der Waals surface area contributed by atoms with Gasteiger partial charge in [0.25, 0.3) is 0 Å². The van der Waals surface area contributed by atoms with E-state index < -0.39 is 12.2 Å². The van der Waals surface area contributed by atoms with Gasteiger partial charge in [-0.1, -0.05) is 68.5 Å². The molecule has 5 nitrogen and oxygen atoms in total. The fraction of sp³-hybridized carbons (Fsp3) is 0.679. The first-order valence-electron chi connectivity index (χ1n) is 13.0. The van der Waals surface area contributed by atoms with Gasteiger partial charge in [0.2, 0.25) is 0 Å². The predicted octanol–water partition coefficient (Wildman–Crippen LogP) is 5.41. The summed E-state index contributed by atoms with van der Waals surface area (Å²) in [5, 5.41) is 30.0. The van der Waals surface area contributed by atoms with Crippen LogP contribution in [0.15, 0.2) is 36.4 Å². The third kappa shape index (κ3) is 8.08. The third-order valence-electron chi connectivity index (χ3n) is 7.48. The number of hydrogen-bond donors (Lipinski definition) is 3. The van der Waals surface area contributed by atoms with Crippen LogP contribution in [0, 0.1) is 11.8 Å². The van der Waals surface area contributed by atoms with Gasteiger partial charge in [-0.05, 0) is 55.1 Å². The standard InChI is InChI=1S/C28H41ClO5/c29-24-19-26(32)28(23(24)10-6-1-2-7-11-27(33)34-17-16-30)22-14-12-21(13-15-22)25(31)18-20-8-4-3-5-9-20/h1,6,12-15,20,23-26,28,30-32H,2-5,7-11,16-19H2/b6-1-/t23-,24+,25?,26+,28+/m0/s1. The van der Waals surface area contributed by atoms with Gasteiger partial charge in [-0.3, -0.25) is 4.79 Å². The number of unbranched alkanes of at least 4 members (excludes halogenated alkanes) is 1. The van der Waals surface area contributed by atoms with Crippen molar-refractivity contribution in [3.05, 3.63) is 47.5 Å². The summed E-state index contributed by atoms with van der Waals surface area (Å²) in [5.74, 6) is 0.458. The van der Waals surface area contributed by atoms with Crippen molar-refractivity contribution in [3.63, 3.8) is 0 Å². The number of alkyl halides is 1. The van der Waals surface area contributed by atoms with Crippen LogP contribution in [-0.4, -0.2) is 46.0 Å². The summed E-state index contributed by atoms with van der Waals surface area (Å²) in [5.41, 5.74) is 2.03. The molecule has 2 fully saturated rings. The Labute approximate surface area is 209 Å². The van der Waals surface area contributed by atoms with Gasteiger partial charge >= 0.3 is 5.97 Å². The monoisotopic (exact) mass is 492 g/mol. The number of carbonyl (C=O) groups is 1. The van der Waals surface area contributed by atoms with Gasteiger partial charge in [-0.25, -0.2) is 0 Å². The van der Waals surface area contributed by atoms with Crippen molar-refractivity contribution in [2.24, 2.45) is 11.8 Å². The minimum atomic E-state index is -0.472. The molecule has 0 radical (unpaired) electrons. The zero-order valence-corrected chi connectivity index (χ0v) is 20.9. The van der Waals surface area contributed by atoms with Crippen LogP contribution in [0.2, 0.25) is 0 Å². The summed E-state index contributed by atoms with van der Waals surface area (Å²) < 4.78 is 4.85. The lowest BCUT2D eigenvalue weighted by molar-refractivity contribution is -0.144. The van der Waals surface area contributed by atoms with Crippen molar-refractivity contribution >= 4 is 17.6 Å². The maximum atomic E-state index is 11.5. The van der Waals surface area contributed by atoms with Crippen LogP contribution in [-0.2, 0) is 9.53 Å². The number of aliphatic hydroxyl groups excluding tert-OH is 3. The molecule has 0 spiro atoms. The third-order valence-corrected chi connectivity index (χ3v) is 7.98. The molecule has 1 aromatic carbocycles. The van der Waals surface area contributed by atoms with Gasteiger partial charge in [0.05, 0.1) is 18.8 Å². The van der Waals surface area contributed by atoms with E-state index in [4.69, 9.17) is 21.4 Å². The summed E-state index contributed by atoms with van der Waals surface area (Å²) in [7, 11) is 0. The molecular weight excluding hydrogens is 452 g/mol. The van der Waals surface area contributed by atoms with Gasteiger partial charge in [-0.2, -0.15) is 0 Å². The van der Waals surface area contributed by atoms with Crippen molar-refractivity contribution in [3.8, 4) is 0 Å². The maximum Gasteiger partial charge on any atom is 0.305 e. The van der Waals surface area contributed by atoms with Crippen LogP contribution in [0.3, 0.4) is 0 Å². The molecule has 0 aliphatic heterocycles. The molecular formula is C28H41ClO5. The Morgan fingerprint density at radius 3 is 2.59 bits per heavy atom. The quantitative estimate of drug-likeness (QED) is 0.157. The van der Waals surface area contributed by atoms with Gasteiger partial charge in [0, 0.05) is 17.7 Å². The summed E-state index contributed by atoms with van der Waals surface area (Å²) in [4.78, 5) is 11.5. The number of halogens is 1. The Morgan fingerprint density at radius 2 is 1.88 bits per heavy atom. The zero-order valence-electron chi connectivity index (χ0n) is 20.2. The average Bonchev–Trinajstić information content (AvgIpc) is 3.13. The van der Waals surface area contributed by atoms with E-state index in [0.717, 1.165) is 30.4 Å². The van der Waals surface area contributed by atoms with Crippen LogP contribution in [0.25, 0.3) is 0 Å². The Morgan fingerprint density at radius 1 is 1.15 bits per heavy atom. The van der Waals surface area contributed by atoms with E-state index >= 15 is 0 Å². The highest BCUT2D eigenvalue weighted by Gasteiger charge is 2.41. The van der Waals surface area contributed by atoms with Gasteiger partial charge in [0.1, 0.15) is 6.61 Å². The summed E-state index contributed by atoms with van der Waals surface area (Å²) in [6.45, 7) is -0.0962. The van der Waals surface area contributed by atoms with Crippen LogP contribution < -0.4 is 0 Å². The molecule has 0 bridgehead atoms. The largest absolute Gasteiger partial charge is 0.463 e. The molecule has 0 heterocycles. The predicted molar refractivity (Wildman–Crippen MR) is 135 cm³/mol. The molecule has 0 amide bonds. The minimum Gasteiger partial charge on any atom is -0.463 e. The molecule has 2 aliphatic rings. The van der Waals surface area contributed by atoms with Crippen molar-refractivity contribution < 1.29 is 24.9 Å². The molecule has 0 aromatic heterocycles. The van der Waals surface area contributed by atoms with Gasteiger partial charge in [0.15, 0.2) is 0 Å². The molecule has 1 unspecified atom stereocenters. The van der Waals surface area contributed by atoms with Crippen LogP contribution in [0.4, 0.5) is 0 Å². The van der Waals surface area contributed by atoms with Crippen LogP contribution in [0.1, 0.15) is 93.8 Å². The molecule has 1 aromatic rings. The smallest absolute Gasteiger partial charge is 0.305 e. The first-order chi connectivity index (χ1) is 16.5. The molecule has 6 heteroatoms. The molecule has 2 saturated carbocycles. The number of benzene rings is 1. The van der Waals surface area contributed by atoms with Crippen LogP contribution in [0.5, 0.6) is 0 Å². The highest BCUT2D eigenvalue weighted by Crippen LogP contribution is 2.45. The summed E-state index contributed by atoms with van der Waals surface area (Å²) >= 11 is 6.62. The van der Waals surface area contributed by atoms with Crippen molar-refractivity contribution in [2.45, 2.75) is 94.1 Å². The van der Waals surface area contributed by atoms with E-state index in [0.29, 0.717) is 25.2 Å². The Kier molecular flexibility index (Phi) is 11.4. The Bertz CT molecular complexity index is 759. The van der Waals surface area contributed by atoms with Gasteiger partial charge < -0.3 is 20.1 Å². The lowest BCUT2D eigenvalue weighted by Crippen LogP contribution is -2.18. The number of carbonyl (C=O) groups excluding carboxylic acids is 1. The second kappa shape index (κ2) is 14.2. The maximum absolute atomic E-state index is 11.5. The van der Waals surface area contributed by atoms with Crippen LogP contribution >= 0.6 is 11.6 Å². The molecule has 3 N–H and O–H groups in total. The summed E-state index contributed by atoms with van der Waals surface area (Å²) in [6, 6.07) is 8.13. The van der Waals surface area contributed by atoms with E-state index in [-0.39, 0.29) is 36.4 Å². The number of aliphatic hydroxyl groups is 3. The molecule has 190 valence electrons. The highest BCUT2D eigenvalue weighted by atomic mass is 35.5. The summed E-state index contributed by atoms with van der Waals surface area (Å²) in [6.07, 6.45) is 13.6. The van der Waals surface area contributed by atoms with E-state index in [2.05, 4.69) is 24.3 Å². The normalized spacial score (nSPS) is 26.7. The molecule has 34 heavy (non-hydrogen) atoms. The Hall–Kier alpha value is -1.40. The number of hydrogen-bond acceptors (Lipinski definition) is 5. The first-order valence-corrected chi connectivity index (χ1v) is 13.4. The minimum absolute atomic E-state index is 0.0230. The van der Waals surface area contributed by atoms with Crippen molar-refractivity contribution in [1.82, 2.24) is 0 Å².